The molecule has 0 bridgehead atoms. The van der Waals surface area contributed by atoms with Gasteiger partial charge in [0.05, 0.1) is 6.20 Å². The van der Waals surface area contributed by atoms with Gasteiger partial charge in [-0.3, -0.25) is 4.79 Å². The minimum absolute atomic E-state index is 0.201. The van der Waals surface area contributed by atoms with Crippen LogP contribution in [-0.2, 0) is 0 Å². The highest BCUT2D eigenvalue weighted by atomic mass is 16.1. The smallest absolute Gasteiger partial charge is 0.274 e. The number of carbonyl (C=O) groups is 1. The van der Waals surface area contributed by atoms with E-state index in [-0.39, 0.29) is 5.91 Å². The molecule has 23 heavy (non-hydrogen) atoms. The highest BCUT2D eigenvalue weighted by Crippen LogP contribution is 2.27. The van der Waals surface area contributed by atoms with Gasteiger partial charge in [0.1, 0.15) is 5.69 Å². The summed E-state index contributed by atoms with van der Waals surface area (Å²) < 4.78 is 1.71. The van der Waals surface area contributed by atoms with Crippen molar-refractivity contribution >= 4 is 17.2 Å². The summed E-state index contributed by atoms with van der Waals surface area (Å²) in [5, 5.41) is 7.21. The third-order valence-corrected chi connectivity index (χ3v) is 3.94. The van der Waals surface area contributed by atoms with E-state index < -0.39 is 0 Å². The average Bonchev–Trinajstić information content (AvgIpc) is 2.98. The molecule has 0 saturated heterocycles. The van der Waals surface area contributed by atoms with Crippen LogP contribution in [0.1, 0.15) is 47.1 Å². The van der Waals surface area contributed by atoms with Crippen molar-refractivity contribution in [2.45, 2.75) is 33.6 Å². The number of fused-ring (bicyclic) bond motifs is 1. The van der Waals surface area contributed by atoms with Gasteiger partial charge in [-0.05, 0) is 37.0 Å². The first kappa shape index (κ1) is 15.2. The van der Waals surface area contributed by atoms with Crippen LogP contribution in [0.4, 0.5) is 5.69 Å². The van der Waals surface area contributed by atoms with Crippen molar-refractivity contribution in [3.63, 3.8) is 0 Å². The summed E-state index contributed by atoms with van der Waals surface area (Å²) in [6.07, 6.45) is 1.68. The highest BCUT2D eigenvalue weighted by molar-refractivity contribution is 6.04. The minimum Gasteiger partial charge on any atom is -0.320 e. The van der Waals surface area contributed by atoms with Crippen LogP contribution in [0.25, 0.3) is 5.65 Å². The molecular weight excluding hydrogens is 288 g/mol. The van der Waals surface area contributed by atoms with Gasteiger partial charge in [0.25, 0.3) is 5.91 Å². The second-order valence-corrected chi connectivity index (χ2v) is 6.03. The number of aromatic nitrogens is 3. The maximum atomic E-state index is 12.7. The molecule has 0 unspecified atom stereocenters. The Morgan fingerprint density at radius 3 is 2.74 bits per heavy atom. The van der Waals surface area contributed by atoms with Crippen molar-refractivity contribution in [3.05, 3.63) is 59.0 Å². The van der Waals surface area contributed by atoms with Crippen LogP contribution in [0.2, 0.25) is 0 Å². The van der Waals surface area contributed by atoms with Crippen molar-refractivity contribution in [3.8, 4) is 0 Å². The van der Waals surface area contributed by atoms with E-state index in [9.17, 15) is 4.79 Å². The van der Waals surface area contributed by atoms with Gasteiger partial charge in [-0.1, -0.05) is 32.0 Å². The third-order valence-electron chi connectivity index (χ3n) is 3.94. The summed E-state index contributed by atoms with van der Waals surface area (Å²) in [5.41, 5.74) is 4.99. The van der Waals surface area contributed by atoms with E-state index in [2.05, 4.69) is 29.2 Å². The van der Waals surface area contributed by atoms with Crippen LogP contribution in [0.3, 0.4) is 0 Å². The van der Waals surface area contributed by atoms with E-state index in [1.807, 2.05) is 32.0 Å². The lowest BCUT2D eigenvalue weighted by Crippen LogP contribution is -2.17. The lowest BCUT2D eigenvalue weighted by atomic mass is 9.98. The Kier molecular flexibility index (Phi) is 3.86. The van der Waals surface area contributed by atoms with Gasteiger partial charge in [0.15, 0.2) is 5.65 Å². The Balaban J connectivity index is 1.98. The Morgan fingerprint density at radius 1 is 1.22 bits per heavy atom. The number of nitrogens with one attached hydrogen (secondary N) is 1. The molecule has 0 radical (unpaired) electrons. The van der Waals surface area contributed by atoms with Crippen molar-refractivity contribution in [2.75, 3.05) is 5.32 Å². The quantitative estimate of drug-likeness (QED) is 0.802. The second-order valence-electron chi connectivity index (χ2n) is 6.03. The number of carbonyl (C=O) groups excluding carboxylic acids is 1. The molecule has 0 aliphatic rings. The van der Waals surface area contributed by atoms with Gasteiger partial charge in [-0.2, -0.15) is 5.10 Å². The van der Waals surface area contributed by atoms with Gasteiger partial charge in [0, 0.05) is 17.4 Å². The fraction of sp³-hybridized carbons (Fsp3) is 0.278. The number of amides is 1. The van der Waals surface area contributed by atoms with Gasteiger partial charge in [0.2, 0.25) is 0 Å². The summed E-state index contributed by atoms with van der Waals surface area (Å²) in [4.78, 5) is 17.0. The van der Waals surface area contributed by atoms with Crippen LogP contribution >= 0.6 is 0 Å². The first-order chi connectivity index (χ1) is 11.0. The van der Waals surface area contributed by atoms with E-state index in [1.54, 1.807) is 22.8 Å². The maximum absolute atomic E-state index is 12.7. The topological polar surface area (TPSA) is 59.3 Å². The number of rotatable bonds is 3. The number of nitrogens with zero attached hydrogens (tertiary/aromatic N) is 3. The standard InChI is InChI=1S/C18H20N4O/c1-11(2)14-7-5-6-12(3)17(14)21-18(23)15-10-13(4)22-16(20-15)8-9-19-22/h5-11H,1-4H3,(H,21,23). The Bertz CT molecular complexity index is 880. The van der Waals surface area contributed by atoms with E-state index in [1.165, 1.54) is 0 Å². The van der Waals surface area contributed by atoms with Crippen molar-refractivity contribution in [1.29, 1.82) is 0 Å². The van der Waals surface area contributed by atoms with Crippen molar-refractivity contribution < 1.29 is 4.79 Å². The third kappa shape index (κ3) is 2.82. The van der Waals surface area contributed by atoms with Crippen LogP contribution in [-0.4, -0.2) is 20.5 Å². The zero-order valence-electron chi connectivity index (χ0n) is 13.8. The summed E-state index contributed by atoms with van der Waals surface area (Å²) in [6, 6.07) is 9.60. The maximum Gasteiger partial charge on any atom is 0.274 e. The number of benzene rings is 1. The van der Waals surface area contributed by atoms with Crippen molar-refractivity contribution in [2.24, 2.45) is 0 Å². The Labute approximate surface area is 135 Å². The van der Waals surface area contributed by atoms with Crippen LogP contribution in [0.15, 0.2) is 36.5 Å². The first-order valence-corrected chi connectivity index (χ1v) is 7.69. The molecule has 1 aromatic carbocycles. The number of hydrogen-bond acceptors (Lipinski definition) is 3. The molecule has 1 amide bonds. The SMILES string of the molecule is Cc1cccc(C(C)C)c1NC(=O)c1cc(C)n2nccc2n1. The molecular formula is C18H20N4O. The van der Waals surface area contributed by atoms with E-state index in [0.29, 0.717) is 17.3 Å². The van der Waals surface area contributed by atoms with Crippen LogP contribution < -0.4 is 5.32 Å². The Hall–Kier alpha value is -2.69. The normalized spacial score (nSPS) is 11.2. The van der Waals surface area contributed by atoms with Gasteiger partial charge < -0.3 is 5.32 Å². The van der Waals surface area contributed by atoms with E-state index in [0.717, 1.165) is 22.5 Å². The summed E-state index contributed by atoms with van der Waals surface area (Å²) in [7, 11) is 0. The molecule has 0 fully saturated rings. The molecule has 0 aliphatic heterocycles. The molecule has 0 saturated carbocycles. The zero-order chi connectivity index (χ0) is 16.6. The van der Waals surface area contributed by atoms with Gasteiger partial charge in [-0.15, -0.1) is 0 Å². The zero-order valence-corrected chi connectivity index (χ0v) is 13.8. The summed E-state index contributed by atoms with van der Waals surface area (Å²) in [5.74, 6) is 0.130. The number of para-hydroxylation sites is 1. The number of aryl methyl sites for hydroxylation is 2. The average molecular weight is 308 g/mol. The Morgan fingerprint density at radius 2 is 2.00 bits per heavy atom. The lowest BCUT2D eigenvalue weighted by Gasteiger charge is -2.16. The molecule has 0 spiro atoms. The molecule has 118 valence electrons. The fourth-order valence-corrected chi connectivity index (χ4v) is 2.70. The van der Waals surface area contributed by atoms with E-state index in [4.69, 9.17) is 0 Å². The molecule has 1 N–H and O–H groups in total. The summed E-state index contributed by atoms with van der Waals surface area (Å²) in [6.45, 7) is 8.14. The lowest BCUT2D eigenvalue weighted by molar-refractivity contribution is 0.102. The molecule has 0 aliphatic carbocycles. The molecule has 2 aromatic heterocycles. The molecule has 3 aromatic rings. The van der Waals surface area contributed by atoms with Crippen LogP contribution in [0.5, 0.6) is 0 Å². The van der Waals surface area contributed by atoms with E-state index >= 15 is 0 Å². The molecule has 2 heterocycles. The second kappa shape index (κ2) is 5.83. The van der Waals surface area contributed by atoms with Crippen LogP contribution in [0, 0.1) is 13.8 Å². The molecule has 5 heteroatoms. The predicted octanol–water partition coefficient (Wildman–Crippen LogP) is 3.72. The first-order valence-electron chi connectivity index (χ1n) is 7.69. The molecule has 5 nitrogen and oxygen atoms in total. The number of anilines is 1. The summed E-state index contributed by atoms with van der Waals surface area (Å²) >= 11 is 0. The predicted molar refractivity (Wildman–Crippen MR) is 90.9 cm³/mol. The molecule has 0 atom stereocenters. The highest BCUT2D eigenvalue weighted by Gasteiger charge is 2.15. The monoisotopic (exact) mass is 308 g/mol. The van der Waals surface area contributed by atoms with Gasteiger partial charge in [-0.25, -0.2) is 9.50 Å². The number of hydrogen-bond donors (Lipinski definition) is 1. The minimum atomic E-state index is -0.201. The largest absolute Gasteiger partial charge is 0.320 e. The van der Waals surface area contributed by atoms with Crippen molar-refractivity contribution in [1.82, 2.24) is 14.6 Å². The fourth-order valence-electron chi connectivity index (χ4n) is 2.70. The van der Waals surface area contributed by atoms with Gasteiger partial charge >= 0.3 is 0 Å². The molecule has 3 rings (SSSR count).